The van der Waals surface area contributed by atoms with Crippen LogP contribution in [-0.2, 0) is 16.5 Å². The molecule has 0 unspecified atom stereocenters. The number of hydrogen-bond acceptors (Lipinski definition) is 0. The first-order chi connectivity index (χ1) is 3.93. The molecule has 1 aliphatic carbocycles. The van der Waals surface area contributed by atoms with Crippen molar-refractivity contribution in [3.63, 3.8) is 0 Å². The maximum atomic E-state index is 3.60. The third-order valence-electron chi connectivity index (χ3n) is 1.13. The Labute approximate surface area is 66.3 Å². The molecule has 9 heavy (non-hydrogen) atoms. The van der Waals surface area contributed by atoms with Crippen molar-refractivity contribution in [2.24, 2.45) is 0 Å². The van der Waals surface area contributed by atoms with Crippen LogP contribution in [0.3, 0.4) is 0 Å². The number of hydrogen-bond donors (Lipinski definition) is 0. The van der Waals surface area contributed by atoms with E-state index in [0.29, 0.717) is 0 Å². The third-order valence-corrected chi connectivity index (χ3v) is 1.13. The fourth-order valence-corrected chi connectivity index (χ4v) is 0.739. The van der Waals surface area contributed by atoms with Gasteiger partial charge in [-0.15, -0.1) is 6.08 Å². The number of rotatable bonds is 2. The molecule has 0 spiro atoms. The first-order valence-electron chi connectivity index (χ1n) is 2.75. The molecule has 1 heteroatoms. The second-order valence-electron chi connectivity index (χ2n) is 1.78. The maximum Gasteiger partial charge on any atom is 0 e. The van der Waals surface area contributed by atoms with Crippen LogP contribution in [0.4, 0.5) is 0 Å². The van der Waals surface area contributed by atoms with Crippen LogP contribution in [0.5, 0.6) is 0 Å². The molecule has 0 N–H and O–H groups in total. The van der Waals surface area contributed by atoms with Gasteiger partial charge in [0.25, 0.3) is 0 Å². The zero-order valence-corrected chi connectivity index (χ0v) is 6.10. The maximum absolute atomic E-state index is 3.60. The molecule has 0 radical (unpaired) electrons. The van der Waals surface area contributed by atoms with E-state index in [4.69, 9.17) is 0 Å². The standard InChI is InChI=1S/C8H9.Ni/c1-2-5-8-6-3-4-7-8;/h2-6H,1,7H2;/q-1;. The summed E-state index contributed by atoms with van der Waals surface area (Å²) in [5.41, 5.74) is 1.35. The molecule has 0 aromatic rings. The second kappa shape index (κ2) is 4.46. The van der Waals surface area contributed by atoms with E-state index in [2.05, 4.69) is 24.8 Å². The Balaban J connectivity index is 0.000000640. The average Bonchev–Trinajstić information content (AvgIpc) is 2.19. The third kappa shape index (κ3) is 2.57. The zero-order chi connectivity index (χ0) is 5.82. The van der Waals surface area contributed by atoms with Gasteiger partial charge in [0.1, 0.15) is 0 Å². The molecule has 52 valence electrons. The Hall–Kier alpha value is -0.416. The van der Waals surface area contributed by atoms with E-state index in [1.165, 1.54) is 5.57 Å². The topological polar surface area (TPSA) is 0 Å². The van der Waals surface area contributed by atoms with Crippen molar-refractivity contribution < 1.29 is 16.5 Å². The molecule has 0 nitrogen and oxygen atoms in total. The summed E-state index contributed by atoms with van der Waals surface area (Å²) in [6.45, 7) is 3.60. The van der Waals surface area contributed by atoms with E-state index < -0.39 is 0 Å². The van der Waals surface area contributed by atoms with Gasteiger partial charge < -0.3 is 0 Å². The Morgan fingerprint density at radius 1 is 1.67 bits per heavy atom. The van der Waals surface area contributed by atoms with Crippen LogP contribution in [0.25, 0.3) is 0 Å². The Morgan fingerprint density at radius 3 is 2.89 bits per heavy atom. The first kappa shape index (κ1) is 8.58. The fourth-order valence-electron chi connectivity index (χ4n) is 0.739. The normalized spacial score (nSPS) is 14.0. The van der Waals surface area contributed by atoms with Gasteiger partial charge in [0.15, 0.2) is 0 Å². The monoisotopic (exact) mass is 163 g/mol. The molecule has 0 fully saturated rings. The van der Waals surface area contributed by atoms with Gasteiger partial charge in [0.05, 0.1) is 0 Å². The van der Waals surface area contributed by atoms with Crippen molar-refractivity contribution in [2.75, 3.05) is 0 Å². The van der Waals surface area contributed by atoms with Crippen LogP contribution in [0, 0.1) is 6.42 Å². The van der Waals surface area contributed by atoms with Crippen molar-refractivity contribution in [3.05, 3.63) is 42.9 Å². The van der Waals surface area contributed by atoms with Gasteiger partial charge in [0, 0.05) is 16.5 Å². The molecule has 0 aliphatic heterocycles. The molecule has 1 aliphatic rings. The molecule has 0 aromatic heterocycles. The summed E-state index contributed by atoms with van der Waals surface area (Å²) in [7, 11) is 0. The van der Waals surface area contributed by atoms with Crippen molar-refractivity contribution in [1.29, 1.82) is 0 Å². The minimum Gasteiger partial charge on any atom is -0.194 e. The molecule has 0 bridgehead atoms. The van der Waals surface area contributed by atoms with Gasteiger partial charge in [-0.05, 0) is 6.42 Å². The van der Waals surface area contributed by atoms with Crippen LogP contribution in [0.2, 0.25) is 0 Å². The minimum atomic E-state index is 0. The molecular weight excluding hydrogens is 155 g/mol. The Kier molecular flexibility index (Phi) is 4.25. The molecule has 0 atom stereocenters. The number of allylic oxidation sites excluding steroid dienone is 5. The van der Waals surface area contributed by atoms with Crippen molar-refractivity contribution in [2.45, 2.75) is 6.42 Å². The summed E-state index contributed by atoms with van der Waals surface area (Å²) in [5.74, 6) is 0. The largest absolute Gasteiger partial charge is 0.194 e. The predicted molar refractivity (Wildman–Crippen MR) is 36.3 cm³/mol. The SMILES string of the molecule is C=C[CH-]C1=CC=CC1.[Ni]. The first-order valence-corrected chi connectivity index (χ1v) is 2.75. The van der Waals surface area contributed by atoms with Crippen LogP contribution >= 0.6 is 0 Å². The molecule has 0 saturated carbocycles. The van der Waals surface area contributed by atoms with Crippen molar-refractivity contribution in [1.82, 2.24) is 0 Å². The summed E-state index contributed by atoms with van der Waals surface area (Å²) in [4.78, 5) is 0. The summed E-state index contributed by atoms with van der Waals surface area (Å²) in [6, 6.07) is 0. The molecule has 0 saturated heterocycles. The summed E-state index contributed by atoms with van der Waals surface area (Å²) < 4.78 is 0. The van der Waals surface area contributed by atoms with E-state index in [1.807, 2.05) is 12.5 Å². The molecule has 1 rings (SSSR count). The predicted octanol–water partition coefficient (Wildman–Crippen LogP) is 2.26. The van der Waals surface area contributed by atoms with E-state index in [9.17, 15) is 0 Å². The van der Waals surface area contributed by atoms with Crippen molar-refractivity contribution in [3.8, 4) is 0 Å². The molecule has 0 heterocycles. The molecule has 0 amide bonds. The summed E-state index contributed by atoms with van der Waals surface area (Å²) in [6.07, 6.45) is 11.2. The second-order valence-corrected chi connectivity index (χ2v) is 1.78. The summed E-state index contributed by atoms with van der Waals surface area (Å²) in [5, 5.41) is 0. The van der Waals surface area contributed by atoms with Gasteiger partial charge in [-0.1, -0.05) is 6.08 Å². The van der Waals surface area contributed by atoms with E-state index >= 15 is 0 Å². The Bertz CT molecular complexity index is 143. The van der Waals surface area contributed by atoms with Crippen LogP contribution in [0.1, 0.15) is 6.42 Å². The zero-order valence-electron chi connectivity index (χ0n) is 5.12. The molecular formula is C8H9Ni-. The van der Waals surface area contributed by atoms with E-state index in [-0.39, 0.29) is 16.5 Å². The van der Waals surface area contributed by atoms with Gasteiger partial charge in [-0.3, -0.25) is 0 Å². The van der Waals surface area contributed by atoms with Gasteiger partial charge in [-0.25, -0.2) is 0 Å². The van der Waals surface area contributed by atoms with Crippen LogP contribution in [0.15, 0.2) is 36.5 Å². The van der Waals surface area contributed by atoms with Gasteiger partial charge >= 0.3 is 0 Å². The van der Waals surface area contributed by atoms with E-state index in [1.54, 1.807) is 0 Å². The quantitative estimate of drug-likeness (QED) is 0.433. The minimum absolute atomic E-state index is 0. The molecule has 0 aromatic carbocycles. The smallest absolute Gasteiger partial charge is 0 e. The summed E-state index contributed by atoms with van der Waals surface area (Å²) >= 11 is 0. The van der Waals surface area contributed by atoms with Crippen LogP contribution < -0.4 is 0 Å². The Morgan fingerprint density at radius 2 is 2.44 bits per heavy atom. The average molecular weight is 164 g/mol. The van der Waals surface area contributed by atoms with Gasteiger partial charge in [0.2, 0.25) is 0 Å². The van der Waals surface area contributed by atoms with Crippen LogP contribution in [-0.4, -0.2) is 0 Å². The van der Waals surface area contributed by atoms with Gasteiger partial charge in [-0.2, -0.15) is 30.7 Å². The van der Waals surface area contributed by atoms with E-state index in [0.717, 1.165) is 6.42 Å². The van der Waals surface area contributed by atoms with Crippen molar-refractivity contribution >= 4 is 0 Å². The fraction of sp³-hybridized carbons (Fsp3) is 0.125.